The molecule has 0 aromatic heterocycles. The van der Waals surface area contributed by atoms with Gasteiger partial charge in [0.05, 0.1) is 0 Å². The lowest BCUT2D eigenvalue weighted by atomic mass is 10.1. The molecule has 3 nitrogen and oxygen atoms in total. The van der Waals surface area contributed by atoms with Crippen LogP contribution in [-0.2, 0) is 11.3 Å². The number of halogens is 3. The van der Waals surface area contributed by atoms with E-state index in [-0.39, 0.29) is 23.8 Å². The van der Waals surface area contributed by atoms with E-state index in [2.05, 4.69) is 50.6 Å². The van der Waals surface area contributed by atoms with Crippen LogP contribution in [0.5, 0.6) is 0 Å². The first-order valence-corrected chi connectivity index (χ1v) is 10.8. The first kappa shape index (κ1) is 21.2. The second-order valence-electron chi connectivity index (χ2n) is 7.25. The second kappa shape index (κ2) is 9.33. The van der Waals surface area contributed by atoms with Crippen LogP contribution in [0.3, 0.4) is 0 Å². The number of carbonyl (C=O) groups excluding carboxylic acids is 1. The topological polar surface area (TPSA) is 23.6 Å². The molecule has 0 N–H and O–H groups in total. The molecule has 0 aliphatic carbocycles. The zero-order valence-corrected chi connectivity index (χ0v) is 19.1. The molecule has 148 valence electrons. The third-order valence-corrected chi connectivity index (χ3v) is 6.94. The molecule has 2 aromatic rings. The Kier molecular flexibility index (Phi) is 7.07. The quantitative estimate of drug-likeness (QED) is 0.509. The van der Waals surface area contributed by atoms with Gasteiger partial charge in [-0.05, 0) is 87.2 Å². The Labute approximate surface area is 182 Å². The van der Waals surface area contributed by atoms with Crippen LogP contribution in [0, 0.1) is 5.82 Å². The number of amides is 1. The van der Waals surface area contributed by atoms with E-state index in [0.29, 0.717) is 6.54 Å². The normalized spacial score (nSPS) is 20.7. The summed E-state index contributed by atoms with van der Waals surface area (Å²) in [5.41, 5.74) is 2.06. The van der Waals surface area contributed by atoms with E-state index < -0.39 is 0 Å². The Hall–Kier alpha value is -1.50. The molecule has 1 aliphatic rings. The summed E-state index contributed by atoms with van der Waals surface area (Å²) in [5, 5.41) is 0. The van der Waals surface area contributed by atoms with E-state index in [1.54, 1.807) is 6.08 Å². The number of carbonyl (C=O) groups is 1. The molecule has 1 aliphatic heterocycles. The molecule has 1 heterocycles. The van der Waals surface area contributed by atoms with Crippen LogP contribution in [0.2, 0.25) is 0 Å². The Morgan fingerprint density at radius 1 is 1.07 bits per heavy atom. The molecule has 1 saturated heterocycles. The summed E-state index contributed by atoms with van der Waals surface area (Å²) >= 11 is 6.93. The molecule has 28 heavy (non-hydrogen) atoms. The molecular weight excluding hydrogens is 487 g/mol. The summed E-state index contributed by atoms with van der Waals surface area (Å²) in [4.78, 5) is 17.0. The lowest BCUT2D eigenvalue weighted by Gasteiger charge is -2.44. The van der Waals surface area contributed by atoms with Crippen molar-refractivity contribution in [1.82, 2.24) is 9.80 Å². The van der Waals surface area contributed by atoms with Crippen molar-refractivity contribution in [3.8, 4) is 0 Å². The van der Waals surface area contributed by atoms with Gasteiger partial charge in [-0.2, -0.15) is 0 Å². The second-order valence-corrected chi connectivity index (χ2v) is 8.96. The maximum Gasteiger partial charge on any atom is 0.246 e. The number of nitrogens with zero attached hydrogens (tertiary/aromatic N) is 2. The maximum atomic E-state index is 13.1. The Balaban J connectivity index is 1.62. The summed E-state index contributed by atoms with van der Waals surface area (Å²) in [7, 11) is 0. The zero-order chi connectivity index (χ0) is 20.3. The van der Waals surface area contributed by atoms with Gasteiger partial charge in [0.2, 0.25) is 5.91 Å². The van der Waals surface area contributed by atoms with Crippen molar-refractivity contribution in [2.45, 2.75) is 32.5 Å². The summed E-state index contributed by atoms with van der Waals surface area (Å²) in [6, 6.07) is 12.9. The molecule has 3 rings (SSSR count). The van der Waals surface area contributed by atoms with E-state index in [1.807, 2.05) is 41.3 Å². The molecule has 0 spiro atoms. The van der Waals surface area contributed by atoms with Crippen LogP contribution in [0.4, 0.5) is 4.39 Å². The van der Waals surface area contributed by atoms with Gasteiger partial charge in [-0.1, -0.05) is 18.2 Å². The predicted molar refractivity (Wildman–Crippen MR) is 118 cm³/mol. The Morgan fingerprint density at radius 2 is 1.79 bits per heavy atom. The zero-order valence-electron chi connectivity index (χ0n) is 15.9. The Bertz CT molecular complexity index is 869. The van der Waals surface area contributed by atoms with Crippen LogP contribution in [0.25, 0.3) is 6.08 Å². The van der Waals surface area contributed by atoms with Crippen LogP contribution in [-0.4, -0.2) is 40.9 Å². The van der Waals surface area contributed by atoms with Gasteiger partial charge in [-0.25, -0.2) is 4.39 Å². The maximum absolute atomic E-state index is 13.1. The van der Waals surface area contributed by atoms with Crippen LogP contribution in [0.15, 0.2) is 57.5 Å². The van der Waals surface area contributed by atoms with E-state index >= 15 is 0 Å². The van der Waals surface area contributed by atoms with Crippen molar-refractivity contribution >= 4 is 43.8 Å². The standard InChI is InChI=1S/C22H23Br2FN2O/c1-15-13-27(22(28)10-6-17-5-9-20(23)21(24)11-17)16(2)12-26(15)14-18-3-7-19(25)8-4-18/h3-11,15-16H,12-14H2,1-2H3/t15-,16+/m0/s1. The summed E-state index contributed by atoms with van der Waals surface area (Å²) in [6.45, 7) is 6.44. The van der Waals surface area contributed by atoms with E-state index in [0.717, 1.165) is 33.2 Å². The summed E-state index contributed by atoms with van der Waals surface area (Å²) < 4.78 is 15.1. The minimum atomic E-state index is -0.217. The van der Waals surface area contributed by atoms with E-state index in [9.17, 15) is 9.18 Å². The van der Waals surface area contributed by atoms with Crippen molar-refractivity contribution in [3.63, 3.8) is 0 Å². The van der Waals surface area contributed by atoms with Crippen molar-refractivity contribution in [3.05, 3.63) is 74.4 Å². The molecule has 0 radical (unpaired) electrons. The molecule has 0 bridgehead atoms. The monoisotopic (exact) mass is 508 g/mol. The van der Waals surface area contributed by atoms with Gasteiger partial charge in [0.1, 0.15) is 5.82 Å². The lowest BCUT2D eigenvalue weighted by molar-refractivity contribution is -0.131. The molecule has 0 saturated carbocycles. The molecule has 1 amide bonds. The third-order valence-electron chi connectivity index (χ3n) is 5.06. The third kappa shape index (κ3) is 5.31. The highest BCUT2D eigenvalue weighted by Crippen LogP contribution is 2.24. The van der Waals surface area contributed by atoms with Crippen molar-refractivity contribution in [2.75, 3.05) is 13.1 Å². The average Bonchev–Trinajstić information content (AvgIpc) is 2.67. The van der Waals surface area contributed by atoms with Crippen LogP contribution >= 0.6 is 31.9 Å². The van der Waals surface area contributed by atoms with Crippen LogP contribution in [0.1, 0.15) is 25.0 Å². The molecule has 2 aromatic carbocycles. The van der Waals surface area contributed by atoms with Gasteiger partial charge in [-0.3, -0.25) is 9.69 Å². The number of hydrogen-bond donors (Lipinski definition) is 0. The number of rotatable bonds is 4. The molecule has 1 fully saturated rings. The highest BCUT2D eigenvalue weighted by molar-refractivity contribution is 9.13. The van der Waals surface area contributed by atoms with Gasteiger partial charge in [0.25, 0.3) is 0 Å². The van der Waals surface area contributed by atoms with Gasteiger partial charge >= 0.3 is 0 Å². The highest BCUT2D eigenvalue weighted by Gasteiger charge is 2.30. The first-order chi connectivity index (χ1) is 13.3. The minimum Gasteiger partial charge on any atom is -0.334 e. The number of piperazine rings is 1. The van der Waals surface area contributed by atoms with Crippen molar-refractivity contribution in [2.24, 2.45) is 0 Å². The molecule has 6 heteroatoms. The van der Waals surface area contributed by atoms with Crippen molar-refractivity contribution < 1.29 is 9.18 Å². The first-order valence-electron chi connectivity index (χ1n) is 9.25. The average molecular weight is 510 g/mol. The fourth-order valence-electron chi connectivity index (χ4n) is 3.43. The predicted octanol–water partition coefficient (Wildman–Crippen LogP) is 5.49. The largest absolute Gasteiger partial charge is 0.334 e. The fourth-order valence-corrected chi connectivity index (χ4v) is 4.07. The van der Waals surface area contributed by atoms with E-state index in [4.69, 9.17) is 0 Å². The Morgan fingerprint density at radius 3 is 2.46 bits per heavy atom. The smallest absolute Gasteiger partial charge is 0.246 e. The van der Waals surface area contributed by atoms with Crippen molar-refractivity contribution in [1.29, 1.82) is 0 Å². The number of hydrogen-bond acceptors (Lipinski definition) is 2. The molecular formula is C22H23Br2FN2O. The van der Waals surface area contributed by atoms with Gasteiger partial charge in [0, 0.05) is 46.7 Å². The van der Waals surface area contributed by atoms with Gasteiger partial charge in [-0.15, -0.1) is 0 Å². The van der Waals surface area contributed by atoms with Gasteiger partial charge in [0.15, 0.2) is 0 Å². The minimum absolute atomic E-state index is 0.0276. The fraction of sp³-hybridized carbons (Fsp3) is 0.318. The highest BCUT2D eigenvalue weighted by atomic mass is 79.9. The summed E-state index contributed by atoms with van der Waals surface area (Å²) in [6.07, 6.45) is 3.50. The molecule has 0 unspecified atom stereocenters. The lowest BCUT2D eigenvalue weighted by Crippen LogP contribution is -2.57. The van der Waals surface area contributed by atoms with Crippen LogP contribution < -0.4 is 0 Å². The van der Waals surface area contributed by atoms with E-state index in [1.165, 1.54) is 12.1 Å². The van der Waals surface area contributed by atoms with Gasteiger partial charge < -0.3 is 4.90 Å². The summed E-state index contributed by atoms with van der Waals surface area (Å²) in [5.74, 6) is -0.190. The molecule has 2 atom stereocenters. The SMILES string of the molecule is C[C@@H]1CN(Cc2ccc(F)cc2)[C@@H](C)CN1C(=O)C=Cc1ccc(Br)c(Br)c1. The number of benzene rings is 2.